The average Bonchev–Trinajstić information content (AvgIpc) is 3.38. The van der Waals surface area contributed by atoms with Gasteiger partial charge >= 0.3 is 5.69 Å². The van der Waals surface area contributed by atoms with Gasteiger partial charge in [-0.2, -0.15) is 4.98 Å². The summed E-state index contributed by atoms with van der Waals surface area (Å²) in [7, 11) is 0. The lowest BCUT2D eigenvalue weighted by molar-refractivity contribution is 0.0358. The minimum absolute atomic E-state index is 0.0373. The summed E-state index contributed by atoms with van der Waals surface area (Å²) in [4.78, 5) is 19.9. The molecule has 0 saturated heterocycles. The number of rotatable bonds is 14. The number of nitrogens with zero attached hydrogens (tertiary/aromatic N) is 2. The Morgan fingerprint density at radius 1 is 1.09 bits per heavy atom. The molecule has 0 spiro atoms. The number of hydrogen-bond acceptors (Lipinski definition) is 6. The molecule has 2 atom stereocenters. The van der Waals surface area contributed by atoms with Crippen molar-refractivity contribution in [2.24, 2.45) is 17.2 Å². The molecular formula is C30H36ClF3N10O2. The van der Waals surface area contributed by atoms with E-state index in [-0.39, 0.29) is 65.0 Å². The van der Waals surface area contributed by atoms with Gasteiger partial charge in [0.15, 0.2) is 17.7 Å². The van der Waals surface area contributed by atoms with Crippen molar-refractivity contribution in [3.05, 3.63) is 80.6 Å². The summed E-state index contributed by atoms with van der Waals surface area (Å²) in [5.74, 6) is -3.13. The second-order valence-corrected chi connectivity index (χ2v) is 11.3. The highest BCUT2D eigenvalue weighted by atomic mass is 35.5. The Kier molecular flexibility index (Phi) is 11.3. The standard InChI is InChI=1S/C30H36ClF3N10O2/c1-15(35)3-2-4-16-7-20(26(34)22(31)8-16)25-9-17-13-44(30(45)43-27(17)42-25)18-10-23(32)21(24(33)11-18)14-46-19(12-41-29(38)39)5-6-40-28(36)37/h7-11,13,15,19H,2-6,12,14,35H2,1H3,(H4,36,37,40)(H4,38,39,41)(H,42,43,45)/t15-,19+/m0/s1. The fourth-order valence-corrected chi connectivity index (χ4v) is 5.08. The van der Waals surface area contributed by atoms with E-state index in [0.717, 1.165) is 35.1 Å². The first-order valence-electron chi connectivity index (χ1n) is 14.4. The number of aromatic amines is 1. The SMILES string of the molecule is C[C@H](N)CCCc1cc(Cl)c(F)c(-c2cc3cn(-c4cc(F)c(CO[C@H](CCNC(=N)N)CNC(=N)N)c(F)c4)c(=O)nc3[nH]2)c1. The molecule has 0 aliphatic carbocycles. The van der Waals surface area contributed by atoms with Crippen LogP contribution in [0.2, 0.25) is 5.02 Å². The molecule has 11 N–H and O–H groups in total. The number of hydrogen-bond donors (Lipinski definition) is 8. The molecule has 4 rings (SSSR count). The number of nitrogens with one attached hydrogen (secondary N) is 5. The minimum Gasteiger partial charge on any atom is -0.371 e. The predicted molar refractivity (Wildman–Crippen MR) is 172 cm³/mol. The number of ether oxygens (including phenoxy) is 1. The van der Waals surface area contributed by atoms with Crippen LogP contribution < -0.4 is 33.5 Å². The molecule has 46 heavy (non-hydrogen) atoms. The number of H-pyrrole nitrogens is 1. The van der Waals surface area contributed by atoms with Crippen LogP contribution in [0.25, 0.3) is 28.0 Å². The summed E-state index contributed by atoms with van der Waals surface area (Å²) in [6.45, 7) is 1.76. The maximum Gasteiger partial charge on any atom is 0.354 e. The molecule has 0 amide bonds. The highest BCUT2D eigenvalue weighted by molar-refractivity contribution is 6.31. The molecule has 0 aliphatic rings. The zero-order valence-corrected chi connectivity index (χ0v) is 25.8. The first-order chi connectivity index (χ1) is 21.8. The molecular weight excluding hydrogens is 625 g/mol. The van der Waals surface area contributed by atoms with E-state index >= 15 is 13.2 Å². The molecule has 0 fully saturated rings. The predicted octanol–water partition coefficient (Wildman–Crippen LogP) is 3.36. The van der Waals surface area contributed by atoms with Crippen LogP contribution >= 0.6 is 11.6 Å². The van der Waals surface area contributed by atoms with Crippen molar-refractivity contribution in [3.8, 4) is 16.9 Å². The Morgan fingerprint density at radius 2 is 1.78 bits per heavy atom. The van der Waals surface area contributed by atoms with Crippen molar-refractivity contribution in [2.75, 3.05) is 13.1 Å². The fraction of sp³-hybridized carbons (Fsp3) is 0.333. The van der Waals surface area contributed by atoms with Crippen molar-refractivity contribution >= 4 is 34.6 Å². The van der Waals surface area contributed by atoms with E-state index in [2.05, 4.69) is 20.6 Å². The lowest BCUT2D eigenvalue weighted by Gasteiger charge is -2.19. The van der Waals surface area contributed by atoms with Crippen LogP contribution in [0.1, 0.15) is 37.3 Å². The van der Waals surface area contributed by atoms with Gasteiger partial charge < -0.3 is 37.6 Å². The molecule has 0 aliphatic heterocycles. The van der Waals surface area contributed by atoms with Gasteiger partial charge in [0.25, 0.3) is 0 Å². The highest BCUT2D eigenvalue weighted by Gasteiger charge is 2.19. The summed E-state index contributed by atoms with van der Waals surface area (Å²) in [5, 5.41) is 20.1. The molecule has 2 heterocycles. The van der Waals surface area contributed by atoms with E-state index in [1.54, 1.807) is 18.2 Å². The third-order valence-corrected chi connectivity index (χ3v) is 7.46. The zero-order valence-electron chi connectivity index (χ0n) is 25.0. The largest absolute Gasteiger partial charge is 0.371 e. The summed E-state index contributed by atoms with van der Waals surface area (Å²) in [6.07, 6.45) is 3.23. The summed E-state index contributed by atoms with van der Waals surface area (Å²) in [6, 6.07) is 6.81. The molecule has 2 aromatic heterocycles. The molecule has 0 radical (unpaired) electrons. The Hall–Kier alpha value is -4.60. The van der Waals surface area contributed by atoms with Gasteiger partial charge in [0, 0.05) is 41.8 Å². The van der Waals surface area contributed by atoms with Crippen LogP contribution in [0.15, 0.2) is 41.3 Å². The van der Waals surface area contributed by atoms with Crippen molar-refractivity contribution in [1.29, 1.82) is 10.8 Å². The van der Waals surface area contributed by atoms with Crippen LogP contribution in [0.5, 0.6) is 0 Å². The van der Waals surface area contributed by atoms with Gasteiger partial charge in [0.2, 0.25) is 0 Å². The number of aromatic nitrogens is 3. The number of aryl methyl sites for hydroxylation is 1. The fourth-order valence-electron chi connectivity index (χ4n) is 4.84. The topological polar surface area (TPSA) is 210 Å². The van der Waals surface area contributed by atoms with Crippen LogP contribution in [0.3, 0.4) is 0 Å². The van der Waals surface area contributed by atoms with Crippen LogP contribution in [0, 0.1) is 28.3 Å². The van der Waals surface area contributed by atoms with E-state index in [4.69, 9.17) is 44.4 Å². The first-order valence-corrected chi connectivity index (χ1v) is 14.8. The van der Waals surface area contributed by atoms with E-state index < -0.39 is 35.9 Å². The number of fused-ring (bicyclic) bond motifs is 1. The summed E-state index contributed by atoms with van der Waals surface area (Å²) in [5.41, 5.74) is 16.6. The summed E-state index contributed by atoms with van der Waals surface area (Å²) < 4.78 is 52.1. The number of nitrogens with two attached hydrogens (primary N) is 3. The Morgan fingerprint density at radius 3 is 2.43 bits per heavy atom. The Labute approximate surface area is 267 Å². The molecule has 0 unspecified atom stereocenters. The van der Waals surface area contributed by atoms with Gasteiger partial charge in [-0.25, -0.2) is 18.0 Å². The Bertz CT molecular complexity index is 1770. The third-order valence-electron chi connectivity index (χ3n) is 7.18. The third kappa shape index (κ3) is 8.77. The van der Waals surface area contributed by atoms with Crippen LogP contribution in [-0.4, -0.2) is 51.7 Å². The second kappa shape index (κ2) is 15.1. The Balaban J connectivity index is 1.58. The van der Waals surface area contributed by atoms with E-state index in [9.17, 15) is 4.79 Å². The lowest BCUT2D eigenvalue weighted by atomic mass is 10.0. The minimum atomic E-state index is -0.963. The van der Waals surface area contributed by atoms with E-state index in [1.165, 1.54) is 6.20 Å². The quantitative estimate of drug-likeness (QED) is 0.0741. The smallest absolute Gasteiger partial charge is 0.354 e. The molecule has 4 aromatic rings. The molecule has 0 bridgehead atoms. The number of halogens is 4. The van der Waals surface area contributed by atoms with Gasteiger partial charge in [-0.15, -0.1) is 0 Å². The molecule has 16 heteroatoms. The maximum absolute atomic E-state index is 15.2. The molecule has 12 nitrogen and oxygen atoms in total. The van der Waals surface area contributed by atoms with Gasteiger partial charge in [0.1, 0.15) is 17.3 Å². The first kappa shape index (κ1) is 34.3. The van der Waals surface area contributed by atoms with Crippen LogP contribution in [-0.2, 0) is 17.8 Å². The highest BCUT2D eigenvalue weighted by Crippen LogP contribution is 2.31. The molecule has 0 saturated carbocycles. The van der Waals surface area contributed by atoms with E-state index in [1.807, 2.05) is 6.92 Å². The van der Waals surface area contributed by atoms with Crippen molar-refractivity contribution < 1.29 is 17.9 Å². The van der Waals surface area contributed by atoms with Crippen molar-refractivity contribution in [1.82, 2.24) is 25.2 Å². The number of benzene rings is 2. The molecule has 2 aromatic carbocycles. The van der Waals surface area contributed by atoms with Crippen molar-refractivity contribution in [3.63, 3.8) is 0 Å². The van der Waals surface area contributed by atoms with Gasteiger partial charge in [0.05, 0.1) is 29.1 Å². The number of guanidine groups is 2. The molecule has 246 valence electrons. The van der Waals surface area contributed by atoms with Gasteiger partial charge in [-0.1, -0.05) is 11.6 Å². The zero-order chi connectivity index (χ0) is 33.5. The summed E-state index contributed by atoms with van der Waals surface area (Å²) >= 11 is 6.19. The maximum atomic E-state index is 15.2. The monoisotopic (exact) mass is 660 g/mol. The average molecular weight is 661 g/mol. The van der Waals surface area contributed by atoms with Crippen LogP contribution in [0.4, 0.5) is 13.2 Å². The van der Waals surface area contributed by atoms with Gasteiger partial charge in [-0.05, 0) is 68.5 Å². The van der Waals surface area contributed by atoms with E-state index in [0.29, 0.717) is 17.5 Å². The normalized spacial score (nSPS) is 12.7. The lowest BCUT2D eigenvalue weighted by Crippen LogP contribution is -2.40. The van der Waals surface area contributed by atoms with Crippen molar-refractivity contribution in [2.45, 2.75) is 51.4 Å². The van der Waals surface area contributed by atoms with Gasteiger partial charge in [-0.3, -0.25) is 15.4 Å². The second-order valence-electron chi connectivity index (χ2n) is 10.9.